The number of fused-ring (bicyclic) bond motifs is 2. The molecule has 3 N–H and O–H groups in total. The van der Waals surface area contributed by atoms with Gasteiger partial charge in [0.25, 0.3) is 5.91 Å². The molecule has 9 nitrogen and oxygen atoms in total. The number of nitrogens with one attached hydrogen (secondary N) is 2. The lowest BCUT2D eigenvalue weighted by atomic mass is 9.82. The normalized spacial score (nSPS) is 30.3. The Bertz CT molecular complexity index is 1400. The predicted octanol–water partition coefficient (Wildman–Crippen LogP) is 4.20. The Morgan fingerprint density at radius 2 is 1.93 bits per heavy atom. The van der Waals surface area contributed by atoms with Gasteiger partial charge in [-0.3, -0.25) is 19.3 Å². The number of ether oxygens (including phenoxy) is 1. The first-order valence-corrected chi connectivity index (χ1v) is 18.4. The summed E-state index contributed by atoms with van der Waals surface area (Å²) in [6.07, 6.45) is 2.33. The van der Waals surface area contributed by atoms with Crippen LogP contribution in [0.3, 0.4) is 0 Å². The molecule has 4 heterocycles. The lowest BCUT2D eigenvalue weighted by molar-refractivity contribution is -0.149. The molecule has 0 radical (unpaired) electrons. The van der Waals surface area contributed by atoms with Crippen LogP contribution in [0.4, 0.5) is 21.2 Å². The Labute approximate surface area is 252 Å². The maximum Gasteiger partial charge on any atom is 0.268 e. The molecule has 2 aromatic carbocycles. The van der Waals surface area contributed by atoms with Gasteiger partial charge in [-0.2, -0.15) is 0 Å². The summed E-state index contributed by atoms with van der Waals surface area (Å²) in [7, 11) is -3.48. The molecule has 0 aromatic heterocycles. The number of rotatable bonds is 7. The minimum atomic E-state index is -3.48. The molecule has 3 amide bonds. The van der Waals surface area contributed by atoms with E-state index in [0.29, 0.717) is 29.2 Å². The molecule has 3 saturated heterocycles. The Balaban J connectivity index is 1.41. The summed E-state index contributed by atoms with van der Waals surface area (Å²) in [4.78, 5) is 44.5. The molecule has 230 valence electrons. The molecule has 6 atom stereocenters. The van der Waals surface area contributed by atoms with E-state index in [-0.39, 0.29) is 42.8 Å². The Hall–Kier alpha value is -3.12. The van der Waals surface area contributed by atoms with Crippen molar-refractivity contribution in [2.75, 3.05) is 29.9 Å². The standard InChI is InChI=1S/C32H41FN4O5Si/c1-20-29(43(2,3)33)27(18-28(39)36-16-8-11-23(36)19-38)42-32(20)24-17-21(35-30(40)25-12-7-15-34-25)13-14-26(24)37(31(32)41)22-9-5-4-6-10-22/h4-6,9-10,13-14,17,20,23,25,27,29,34,38H,7-8,11-12,15-16,18-19H2,1-3H3,(H,35,40)/t20-,23+,25-,27+,29-,32+/m1/s1. The van der Waals surface area contributed by atoms with Gasteiger partial charge >= 0.3 is 0 Å². The predicted molar refractivity (Wildman–Crippen MR) is 164 cm³/mol. The highest BCUT2D eigenvalue weighted by Crippen LogP contribution is 2.61. The number of aliphatic hydroxyl groups is 1. The van der Waals surface area contributed by atoms with Crippen LogP contribution in [0.1, 0.15) is 44.6 Å². The Morgan fingerprint density at radius 3 is 2.60 bits per heavy atom. The van der Waals surface area contributed by atoms with Crippen molar-refractivity contribution < 1.29 is 28.3 Å². The molecule has 11 heteroatoms. The van der Waals surface area contributed by atoms with E-state index in [2.05, 4.69) is 10.6 Å². The number of hydrogen-bond acceptors (Lipinski definition) is 6. The van der Waals surface area contributed by atoms with Crippen molar-refractivity contribution in [2.24, 2.45) is 5.92 Å². The van der Waals surface area contributed by atoms with Crippen molar-refractivity contribution in [3.8, 4) is 0 Å². The minimum Gasteiger partial charge on any atom is -0.394 e. The molecule has 0 saturated carbocycles. The molecular formula is C32H41FN4O5Si. The number of amides is 3. The third-order valence-corrected chi connectivity index (χ3v) is 12.3. The molecule has 3 fully saturated rings. The van der Waals surface area contributed by atoms with Gasteiger partial charge in [-0.15, -0.1) is 0 Å². The van der Waals surface area contributed by atoms with Crippen LogP contribution in [0, 0.1) is 5.92 Å². The lowest BCUT2D eigenvalue weighted by Gasteiger charge is -2.31. The van der Waals surface area contributed by atoms with Crippen LogP contribution in [0.2, 0.25) is 18.6 Å². The van der Waals surface area contributed by atoms with E-state index >= 15 is 4.11 Å². The van der Waals surface area contributed by atoms with Gasteiger partial charge < -0.3 is 29.5 Å². The maximum absolute atomic E-state index is 16.3. The highest BCUT2D eigenvalue weighted by atomic mass is 28.4. The van der Waals surface area contributed by atoms with Crippen molar-refractivity contribution in [1.29, 1.82) is 0 Å². The summed E-state index contributed by atoms with van der Waals surface area (Å²) in [5.41, 5.74) is 0.197. The van der Waals surface area contributed by atoms with Gasteiger partial charge in [0.2, 0.25) is 20.2 Å². The summed E-state index contributed by atoms with van der Waals surface area (Å²) in [6, 6.07) is 14.1. The number of para-hydroxylation sites is 1. The highest BCUT2D eigenvalue weighted by molar-refractivity contribution is 6.72. The topological polar surface area (TPSA) is 111 Å². The fraction of sp³-hybridized carbons (Fsp3) is 0.531. The molecule has 2 aromatic rings. The summed E-state index contributed by atoms with van der Waals surface area (Å²) in [5.74, 6) is -1.23. The van der Waals surface area contributed by atoms with E-state index in [4.69, 9.17) is 4.74 Å². The van der Waals surface area contributed by atoms with E-state index in [1.807, 2.05) is 43.3 Å². The fourth-order valence-corrected chi connectivity index (χ4v) is 10.4. The molecule has 0 unspecified atom stereocenters. The van der Waals surface area contributed by atoms with Crippen LogP contribution < -0.4 is 15.5 Å². The van der Waals surface area contributed by atoms with E-state index in [1.54, 1.807) is 35.0 Å². The van der Waals surface area contributed by atoms with Crippen molar-refractivity contribution in [3.05, 3.63) is 54.1 Å². The zero-order valence-electron chi connectivity index (χ0n) is 25.0. The zero-order chi connectivity index (χ0) is 30.5. The van der Waals surface area contributed by atoms with Gasteiger partial charge in [0.05, 0.1) is 36.9 Å². The van der Waals surface area contributed by atoms with Gasteiger partial charge in [-0.1, -0.05) is 25.1 Å². The van der Waals surface area contributed by atoms with Gasteiger partial charge in [0.1, 0.15) is 0 Å². The number of nitrogens with zero attached hydrogens (tertiary/aromatic N) is 2. The highest BCUT2D eigenvalue weighted by Gasteiger charge is 2.67. The minimum absolute atomic E-state index is 0.0642. The van der Waals surface area contributed by atoms with Crippen molar-refractivity contribution in [2.45, 2.75) is 81.5 Å². The second kappa shape index (κ2) is 11.4. The second-order valence-electron chi connectivity index (χ2n) is 12.9. The molecule has 4 aliphatic heterocycles. The first kappa shape index (κ1) is 29.9. The Kier molecular flexibility index (Phi) is 7.95. The van der Waals surface area contributed by atoms with Crippen LogP contribution >= 0.6 is 0 Å². The van der Waals surface area contributed by atoms with Gasteiger partial charge in [-0.05, 0) is 75.7 Å². The molecular weight excluding hydrogens is 567 g/mol. The van der Waals surface area contributed by atoms with E-state index in [1.165, 1.54) is 0 Å². The second-order valence-corrected chi connectivity index (χ2v) is 16.7. The molecule has 6 rings (SSSR count). The van der Waals surface area contributed by atoms with Gasteiger partial charge in [0.15, 0.2) is 5.60 Å². The van der Waals surface area contributed by atoms with Crippen LogP contribution in [0.15, 0.2) is 48.5 Å². The van der Waals surface area contributed by atoms with Gasteiger partial charge in [-0.25, -0.2) is 0 Å². The number of carbonyl (C=O) groups excluding carboxylic acids is 3. The van der Waals surface area contributed by atoms with Crippen molar-refractivity contribution >= 4 is 43.2 Å². The number of likely N-dealkylation sites (tertiary alicyclic amines) is 1. The number of aliphatic hydroxyl groups excluding tert-OH is 1. The summed E-state index contributed by atoms with van der Waals surface area (Å²) >= 11 is 0. The first-order chi connectivity index (χ1) is 20.6. The SMILES string of the molecule is C[C@@H]1[C@@H]([Si](C)(C)F)[C@H](CC(=O)N2CCC[C@H]2CO)O[C@@]12C(=O)N(c1ccccc1)c1ccc(NC(=O)[C@H]3CCCN3)cc12. The Morgan fingerprint density at radius 1 is 1.16 bits per heavy atom. The molecule has 4 aliphatic rings. The fourth-order valence-electron chi connectivity index (χ4n) is 7.86. The lowest BCUT2D eigenvalue weighted by Crippen LogP contribution is -2.44. The summed E-state index contributed by atoms with van der Waals surface area (Å²) in [6.45, 7) is 6.30. The monoisotopic (exact) mass is 608 g/mol. The third kappa shape index (κ3) is 5.09. The van der Waals surface area contributed by atoms with Crippen LogP contribution in [0.5, 0.6) is 0 Å². The molecule has 1 spiro atoms. The summed E-state index contributed by atoms with van der Waals surface area (Å²) < 4.78 is 23.0. The largest absolute Gasteiger partial charge is 0.394 e. The number of hydrogen-bond donors (Lipinski definition) is 3. The third-order valence-electron chi connectivity index (χ3n) is 9.81. The van der Waals surface area contributed by atoms with Gasteiger partial charge in [0, 0.05) is 34.9 Å². The average molecular weight is 609 g/mol. The van der Waals surface area contributed by atoms with E-state index < -0.39 is 31.6 Å². The van der Waals surface area contributed by atoms with Crippen LogP contribution in [0.25, 0.3) is 0 Å². The van der Waals surface area contributed by atoms with Crippen LogP contribution in [-0.2, 0) is 24.7 Å². The molecule has 0 aliphatic carbocycles. The van der Waals surface area contributed by atoms with Crippen LogP contribution in [-0.4, -0.2) is 74.0 Å². The average Bonchev–Trinajstić information content (AvgIpc) is 3.76. The number of benzene rings is 2. The molecule has 43 heavy (non-hydrogen) atoms. The van der Waals surface area contributed by atoms with Crippen molar-refractivity contribution in [1.82, 2.24) is 10.2 Å². The van der Waals surface area contributed by atoms with E-state index in [9.17, 15) is 19.5 Å². The van der Waals surface area contributed by atoms with E-state index in [0.717, 1.165) is 32.2 Å². The number of halogens is 1. The molecule has 0 bridgehead atoms. The smallest absolute Gasteiger partial charge is 0.268 e. The van der Waals surface area contributed by atoms with Crippen molar-refractivity contribution in [3.63, 3.8) is 0 Å². The zero-order valence-corrected chi connectivity index (χ0v) is 26.0. The first-order valence-electron chi connectivity index (χ1n) is 15.4. The quantitative estimate of drug-likeness (QED) is 0.321. The number of anilines is 3. The summed E-state index contributed by atoms with van der Waals surface area (Å²) in [5, 5.41) is 16.0. The number of carbonyl (C=O) groups is 3. The maximum atomic E-state index is 16.3.